The van der Waals surface area contributed by atoms with E-state index in [0.29, 0.717) is 11.1 Å². The number of nitriles is 1. The van der Waals surface area contributed by atoms with Gasteiger partial charge in [-0.3, -0.25) is 14.4 Å². The molecule has 0 spiro atoms. The molecule has 7 heteroatoms. The minimum Gasteiger partial charge on any atom is -0.368 e. The van der Waals surface area contributed by atoms with Crippen LogP contribution < -0.4 is 16.4 Å². The zero-order valence-corrected chi connectivity index (χ0v) is 15.5. The second-order valence-corrected chi connectivity index (χ2v) is 6.38. The summed E-state index contributed by atoms with van der Waals surface area (Å²) in [4.78, 5) is 36.1. The maximum Gasteiger partial charge on any atom is 0.243 e. The van der Waals surface area contributed by atoms with Crippen LogP contribution in [-0.4, -0.2) is 29.8 Å². The predicted molar refractivity (Wildman–Crippen MR) is 104 cm³/mol. The smallest absolute Gasteiger partial charge is 0.243 e. The van der Waals surface area contributed by atoms with Crippen LogP contribution in [0.2, 0.25) is 0 Å². The van der Waals surface area contributed by atoms with E-state index in [2.05, 4.69) is 16.7 Å². The SMILES string of the molecule is CC(=O)N[C@H](Cc1ccccc1)C(=O)N[C@H](Cc1ccccc1C#N)C(N)=O. The molecule has 7 nitrogen and oxygen atoms in total. The Morgan fingerprint density at radius 3 is 2.21 bits per heavy atom. The standard InChI is InChI=1S/C21H22N4O3/c1-14(26)24-19(11-15-7-3-2-4-8-15)21(28)25-18(20(23)27)12-16-9-5-6-10-17(16)13-22/h2-10,18-19H,11-12H2,1H3,(H2,23,27)(H,24,26)(H,25,28)/t18-,19-/m1/s1. The summed E-state index contributed by atoms with van der Waals surface area (Å²) in [6, 6.07) is 16.2. The van der Waals surface area contributed by atoms with Gasteiger partial charge in [0.1, 0.15) is 12.1 Å². The fraction of sp³-hybridized carbons (Fsp3) is 0.238. The Labute approximate surface area is 163 Å². The fourth-order valence-electron chi connectivity index (χ4n) is 2.83. The van der Waals surface area contributed by atoms with Crippen LogP contribution in [0.15, 0.2) is 54.6 Å². The number of nitrogens with one attached hydrogen (secondary N) is 2. The highest BCUT2D eigenvalue weighted by Crippen LogP contribution is 2.11. The molecular formula is C21H22N4O3. The normalized spacial score (nSPS) is 12.3. The number of amides is 3. The van der Waals surface area contributed by atoms with Crippen molar-refractivity contribution in [1.29, 1.82) is 5.26 Å². The van der Waals surface area contributed by atoms with E-state index in [-0.39, 0.29) is 18.7 Å². The van der Waals surface area contributed by atoms with E-state index in [1.165, 1.54) is 6.92 Å². The van der Waals surface area contributed by atoms with E-state index < -0.39 is 23.9 Å². The first kappa shape index (κ1) is 20.6. The zero-order valence-electron chi connectivity index (χ0n) is 15.5. The van der Waals surface area contributed by atoms with Gasteiger partial charge in [0.15, 0.2) is 0 Å². The average molecular weight is 378 g/mol. The van der Waals surface area contributed by atoms with Gasteiger partial charge in [-0.1, -0.05) is 48.5 Å². The lowest BCUT2D eigenvalue weighted by Crippen LogP contribution is -2.54. The minimum atomic E-state index is -1.01. The Hall–Kier alpha value is -3.66. The minimum absolute atomic E-state index is 0.0862. The first-order valence-corrected chi connectivity index (χ1v) is 8.79. The largest absolute Gasteiger partial charge is 0.368 e. The van der Waals surface area contributed by atoms with Gasteiger partial charge in [-0.25, -0.2) is 0 Å². The molecule has 144 valence electrons. The van der Waals surface area contributed by atoms with Crippen LogP contribution in [0.1, 0.15) is 23.6 Å². The molecule has 0 saturated heterocycles. The van der Waals surface area contributed by atoms with Crippen molar-refractivity contribution in [3.05, 3.63) is 71.3 Å². The van der Waals surface area contributed by atoms with Crippen molar-refractivity contribution in [3.63, 3.8) is 0 Å². The third-order valence-electron chi connectivity index (χ3n) is 4.20. The lowest BCUT2D eigenvalue weighted by atomic mass is 9.99. The van der Waals surface area contributed by atoms with Crippen LogP contribution in [0, 0.1) is 11.3 Å². The van der Waals surface area contributed by atoms with Crippen molar-refractivity contribution in [2.24, 2.45) is 5.73 Å². The molecule has 3 amide bonds. The number of carbonyl (C=O) groups excluding carboxylic acids is 3. The van der Waals surface area contributed by atoms with Crippen molar-refractivity contribution in [3.8, 4) is 6.07 Å². The van der Waals surface area contributed by atoms with Crippen LogP contribution in [0.25, 0.3) is 0 Å². The van der Waals surface area contributed by atoms with E-state index in [0.717, 1.165) is 5.56 Å². The van der Waals surface area contributed by atoms with Gasteiger partial charge in [0.2, 0.25) is 17.7 Å². The van der Waals surface area contributed by atoms with E-state index >= 15 is 0 Å². The lowest BCUT2D eigenvalue weighted by molar-refractivity contribution is -0.130. The summed E-state index contributed by atoms with van der Waals surface area (Å²) >= 11 is 0. The number of carbonyl (C=O) groups is 3. The van der Waals surface area contributed by atoms with Gasteiger partial charge in [0.25, 0.3) is 0 Å². The summed E-state index contributed by atoms with van der Waals surface area (Å²) in [5, 5.41) is 14.4. The van der Waals surface area contributed by atoms with Gasteiger partial charge in [-0.2, -0.15) is 5.26 Å². The Morgan fingerprint density at radius 2 is 1.61 bits per heavy atom. The number of hydrogen-bond donors (Lipinski definition) is 3. The monoisotopic (exact) mass is 378 g/mol. The van der Waals surface area contributed by atoms with Crippen molar-refractivity contribution in [2.45, 2.75) is 31.8 Å². The third kappa shape index (κ3) is 5.95. The molecule has 28 heavy (non-hydrogen) atoms. The van der Waals surface area contributed by atoms with Gasteiger partial charge in [-0.05, 0) is 17.2 Å². The Balaban J connectivity index is 2.16. The maximum absolute atomic E-state index is 12.7. The van der Waals surface area contributed by atoms with Gasteiger partial charge in [0.05, 0.1) is 11.6 Å². The molecule has 2 aromatic rings. The average Bonchev–Trinajstić information content (AvgIpc) is 2.67. The van der Waals surface area contributed by atoms with Gasteiger partial charge in [0, 0.05) is 19.8 Å². The number of rotatable bonds is 8. The molecule has 0 radical (unpaired) electrons. The Morgan fingerprint density at radius 1 is 0.964 bits per heavy atom. The molecule has 0 bridgehead atoms. The predicted octanol–water partition coefficient (Wildman–Crippen LogP) is 0.818. The topological polar surface area (TPSA) is 125 Å². The van der Waals surface area contributed by atoms with E-state index in [1.54, 1.807) is 24.3 Å². The van der Waals surface area contributed by atoms with Crippen molar-refractivity contribution in [2.75, 3.05) is 0 Å². The second-order valence-electron chi connectivity index (χ2n) is 6.38. The fourth-order valence-corrected chi connectivity index (χ4v) is 2.83. The molecule has 0 aliphatic heterocycles. The number of hydrogen-bond acceptors (Lipinski definition) is 4. The summed E-state index contributed by atoms with van der Waals surface area (Å²) in [5.41, 5.74) is 7.33. The highest BCUT2D eigenvalue weighted by molar-refractivity contribution is 5.91. The molecule has 4 N–H and O–H groups in total. The Bertz CT molecular complexity index is 890. The van der Waals surface area contributed by atoms with Crippen molar-refractivity contribution in [1.82, 2.24) is 10.6 Å². The highest BCUT2D eigenvalue weighted by atomic mass is 16.2. The van der Waals surface area contributed by atoms with Crippen LogP contribution in [0.3, 0.4) is 0 Å². The molecule has 0 unspecified atom stereocenters. The van der Waals surface area contributed by atoms with Gasteiger partial charge >= 0.3 is 0 Å². The number of nitrogens with two attached hydrogens (primary N) is 1. The number of nitrogens with zero attached hydrogens (tertiary/aromatic N) is 1. The molecule has 2 rings (SSSR count). The number of primary amides is 1. The second kappa shape index (κ2) is 9.88. The molecule has 0 aliphatic carbocycles. The summed E-state index contributed by atoms with van der Waals surface area (Å²) < 4.78 is 0. The molecular weight excluding hydrogens is 356 g/mol. The van der Waals surface area contributed by atoms with Crippen LogP contribution in [0.4, 0.5) is 0 Å². The quantitative estimate of drug-likeness (QED) is 0.629. The summed E-state index contributed by atoms with van der Waals surface area (Å²) in [7, 11) is 0. The molecule has 0 saturated carbocycles. The van der Waals surface area contributed by atoms with Crippen LogP contribution in [0.5, 0.6) is 0 Å². The molecule has 2 aromatic carbocycles. The van der Waals surface area contributed by atoms with Crippen LogP contribution >= 0.6 is 0 Å². The summed E-state index contributed by atoms with van der Waals surface area (Å²) in [5.74, 6) is -1.60. The van der Waals surface area contributed by atoms with Crippen molar-refractivity contribution < 1.29 is 14.4 Å². The first-order valence-electron chi connectivity index (χ1n) is 8.79. The summed E-state index contributed by atoms with van der Waals surface area (Å²) in [6.07, 6.45) is 0.357. The molecule has 2 atom stereocenters. The Kier molecular flexibility index (Phi) is 7.28. The van der Waals surface area contributed by atoms with E-state index in [9.17, 15) is 19.6 Å². The summed E-state index contributed by atoms with van der Waals surface area (Å²) in [6.45, 7) is 1.32. The molecule has 0 heterocycles. The zero-order chi connectivity index (χ0) is 20.5. The van der Waals surface area contributed by atoms with E-state index in [1.807, 2.05) is 30.3 Å². The number of benzene rings is 2. The molecule has 0 fully saturated rings. The van der Waals surface area contributed by atoms with Gasteiger partial charge < -0.3 is 16.4 Å². The third-order valence-corrected chi connectivity index (χ3v) is 4.20. The molecule has 0 aliphatic rings. The van der Waals surface area contributed by atoms with Crippen molar-refractivity contribution >= 4 is 17.7 Å². The van der Waals surface area contributed by atoms with Gasteiger partial charge in [-0.15, -0.1) is 0 Å². The van der Waals surface area contributed by atoms with Crippen LogP contribution in [-0.2, 0) is 27.2 Å². The maximum atomic E-state index is 12.7. The first-order chi connectivity index (χ1) is 13.4. The lowest BCUT2D eigenvalue weighted by Gasteiger charge is -2.22. The highest BCUT2D eigenvalue weighted by Gasteiger charge is 2.26. The van der Waals surface area contributed by atoms with E-state index in [4.69, 9.17) is 5.73 Å². The molecule has 0 aromatic heterocycles.